The van der Waals surface area contributed by atoms with Crippen LogP contribution in [0.25, 0.3) is 0 Å². The van der Waals surface area contributed by atoms with Crippen LogP contribution in [0.2, 0.25) is 0 Å². The second kappa shape index (κ2) is 12.8. The van der Waals surface area contributed by atoms with Crippen LogP contribution in [0.4, 0.5) is 17.1 Å². The Balaban J connectivity index is 1.39. The molecule has 0 bridgehead atoms. The Morgan fingerprint density at radius 3 is 1.74 bits per heavy atom. The van der Waals surface area contributed by atoms with Gasteiger partial charge in [0.15, 0.2) is 0 Å². The molecule has 0 spiro atoms. The smallest absolute Gasteiger partial charge is 0.219 e. The molecule has 0 amide bonds. The zero-order valence-corrected chi connectivity index (χ0v) is 30.3. The number of aromatic nitrogens is 1. The lowest BCUT2D eigenvalue weighted by atomic mass is 9.65. The summed E-state index contributed by atoms with van der Waals surface area (Å²) < 4.78 is 6.52. The molecule has 0 radical (unpaired) electrons. The number of hydrogen-bond donors (Lipinski definition) is 0. The number of hydrogen-bond acceptors (Lipinski definition) is 4. The summed E-state index contributed by atoms with van der Waals surface area (Å²) in [7, 11) is 2.19. The minimum absolute atomic E-state index is 0.0107. The molecule has 4 heteroatoms. The lowest BCUT2D eigenvalue weighted by Gasteiger charge is -2.37. The Morgan fingerprint density at radius 2 is 1.10 bits per heavy atom. The predicted octanol–water partition coefficient (Wildman–Crippen LogP) is 11.4. The van der Waals surface area contributed by atoms with E-state index < -0.39 is 5.41 Å². The SMILES string of the molecule is CN1CN(c2cccc(C(c3ccccc3)(c3ccccc3)c3cccc(Oc4cc(C(C)(C)C)ccn4)c3)c2)c2ccc(C(C)(C)C)cc21. The molecule has 7 rings (SSSR count). The number of fused-ring (bicyclic) bond motifs is 1. The van der Waals surface area contributed by atoms with Crippen molar-refractivity contribution in [2.24, 2.45) is 0 Å². The van der Waals surface area contributed by atoms with Gasteiger partial charge in [-0.05, 0) is 86.7 Å². The molecule has 1 aliphatic heterocycles. The molecule has 0 unspecified atom stereocenters. The largest absolute Gasteiger partial charge is 0.439 e. The fraction of sp³-hybridized carbons (Fsp3) is 0.239. The van der Waals surface area contributed by atoms with Gasteiger partial charge in [0.1, 0.15) is 5.75 Å². The summed E-state index contributed by atoms with van der Waals surface area (Å²) in [6, 6.07) is 50.4. The van der Waals surface area contributed by atoms with Gasteiger partial charge in [-0.15, -0.1) is 0 Å². The van der Waals surface area contributed by atoms with Crippen molar-refractivity contribution < 1.29 is 4.74 Å². The summed E-state index contributed by atoms with van der Waals surface area (Å²) in [5, 5.41) is 0. The van der Waals surface area contributed by atoms with E-state index in [0.29, 0.717) is 5.88 Å². The molecule has 1 aromatic heterocycles. The fourth-order valence-electron chi connectivity index (χ4n) is 7.24. The van der Waals surface area contributed by atoms with Crippen LogP contribution in [0.3, 0.4) is 0 Å². The first-order valence-corrected chi connectivity index (χ1v) is 17.5. The summed E-state index contributed by atoms with van der Waals surface area (Å²) in [4.78, 5) is 9.36. The van der Waals surface area contributed by atoms with E-state index in [4.69, 9.17) is 4.74 Å². The Bertz CT molecular complexity index is 2070. The number of rotatable bonds is 7. The first kappa shape index (κ1) is 33.2. The van der Waals surface area contributed by atoms with Gasteiger partial charge in [-0.1, -0.05) is 133 Å². The average molecular weight is 658 g/mol. The standard InChI is InChI=1S/C46H47N3O/c1-44(2,3)35-24-25-41-42(30-35)48(7)32-49(41)39-22-14-20-37(28-39)46(33-16-10-8-11-17-33,34-18-12-9-13-19-34)38-21-15-23-40(29-38)50-43-31-36(26-27-47-43)45(4,5)6/h8-31H,32H2,1-7H3. The van der Waals surface area contributed by atoms with Crippen LogP contribution in [0.5, 0.6) is 11.6 Å². The molecule has 0 aliphatic carbocycles. The van der Waals surface area contributed by atoms with Crippen LogP contribution < -0.4 is 14.5 Å². The van der Waals surface area contributed by atoms with Gasteiger partial charge in [-0.25, -0.2) is 4.98 Å². The molecule has 5 aromatic carbocycles. The highest BCUT2D eigenvalue weighted by molar-refractivity contribution is 5.83. The van der Waals surface area contributed by atoms with Gasteiger partial charge < -0.3 is 14.5 Å². The molecule has 0 fully saturated rings. The van der Waals surface area contributed by atoms with Gasteiger partial charge in [-0.2, -0.15) is 0 Å². The summed E-state index contributed by atoms with van der Waals surface area (Å²) >= 11 is 0. The van der Waals surface area contributed by atoms with E-state index in [0.717, 1.165) is 23.7 Å². The number of pyridine rings is 1. The van der Waals surface area contributed by atoms with Crippen LogP contribution in [-0.4, -0.2) is 18.7 Å². The van der Waals surface area contributed by atoms with Crippen molar-refractivity contribution in [2.75, 3.05) is 23.5 Å². The van der Waals surface area contributed by atoms with E-state index in [9.17, 15) is 0 Å². The van der Waals surface area contributed by atoms with Gasteiger partial charge in [0.25, 0.3) is 0 Å². The minimum Gasteiger partial charge on any atom is -0.439 e. The van der Waals surface area contributed by atoms with Gasteiger partial charge in [-0.3, -0.25) is 0 Å². The lowest BCUT2D eigenvalue weighted by molar-refractivity contribution is 0.457. The Kier molecular flexibility index (Phi) is 8.51. The minimum atomic E-state index is -0.636. The molecule has 0 N–H and O–H groups in total. The second-order valence-corrected chi connectivity index (χ2v) is 15.5. The van der Waals surface area contributed by atoms with Crippen molar-refractivity contribution in [3.8, 4) is 11.6 Å². The van der Waals surface area contributed by atoms with Crippen molar-refractivity contribution >= 4 is 17.1 Å². The molecule has 252 valence electrons. The van der Waals surface area contributed by atoms with Crippen LogP contribution in [0.15, 0.2) is 146 Å². The van der Waals surface area contributed by atoms with Crippen molar-refractivity contribution in [2.45, 2.75) is 57.8 Å². The van der Waals surface area contributed by atoms with Gasteiger partial charge in [0.05, 0.1) is 23.5 Å². The second-order valence-electron chi connectivity index (χ2n) is 15.5. The fourth-order valence-corrected chi connectivity index (χ4v) is 7.24. The van der Waals surface area contributed by atoms with E-state index in [1.165, 1.54) is 39.2 Å². The molecule has 1 aliphatic rings. The molecule has 6 aromatic rings. The summed E-state index contributed by atoms with van der Waals surface area (Å²) in [6.45, 7) is 14.2. The molecule has 4 nitrogen and oxygen atoms in total. The maximum absolute atomic E-state index is 6.52. The van der Waals surface area contributed by atoms with E-state index in [1.807, 2.05) is 18.3 Å². The number of anilines is 3. The average Bonchev–Trinajstić information content (AvgIpc) is 3.45. The Labute approximate surface area is 298 Å². The quantitative estimate of drug-likeness (QED) is 0.160. The monoisotopic (exact) mass is 657 g/mol. The zero-order chi connectivity index (χ0) is 35.1. The van der Waals surface area contributed by atoms with Crippen molar-refractivity contribution in [1.82, 2.24) is 4.98 Å². The predicted molar refractivity (Wildman–Crippen MR) is 208 cm³/mol. The normalized spacial score (nSPS) is 13.3. The highest BCUT2D eigenvalue weighted by atomic mass is 16.5. The van der Waals surface area contributed by atoms with Gasteiger partial charge in [0.2, 0.25) is 5.88 Å². The van der Waals surface area contributed by atoms with Crippen LogP contribution in [0.1, 0.15) is 74.9 Å². The van der Waals surface area contributed by atoms with E-state index >= 15 is 0 Å². The van der Waals surface area contributed by atoms with Crippen molar-refractivity contribution in [3.05, 3.63) is 179 Å². The maximum Gasteiger partial charge on any atom is 0.219 e. The molecule has 0 saturated carbocycles. The van der Waals surface area contributed by atoms with E-state index in [-0.39, 0.29) is 10.8 Å². The number of benzene rings is 5. The number of ether oxygens (including phenoxy) is 1. The van der Waals surface area contributed by atoms with E-state index in [2.05, 4.69) is 191 Å². The topological polar surface area (TPSA) is 28.6 Å². The third-order valence-electron chi connectivity index (χ3n) is 9.99. The highest BCUT2D eigenvalue weighted by Crippen LogP contribution is 2.48. The van der Waals surface area contributed by atoms with E-state index in [1.54, 1.807) is 0 Å². The molecule has 2 heterocycles. The first-order chi connectivity index (χ1) is 23.9. The maximum atomic E-state index is 6.52. The molecular weight excluding hydrogens is 611 g/mol. The van der Waals surface area contributed by atoms with Crippen LogP contribution >= 0.6 is 0 Å². The lowest BCUT2D eigenvalue weighted by Crippen LogP contribution is -2.31. The van der Waals surface area contributed by atoms with Crippen LogP contribution in [0, 0.1) is 0 Å². The zero-order valence-electron chi connectivity index (χ0n) is 30.3. The van der Waals surface area contributed by atoms with Crippen molar-refractivity contribution in [1.29, 1.82) is 0 Å². The third-order valence-corrected chi connectivity index (χ3v) is 9.99. The van der Waals surface area contributed by atoms with Gasteiger partial charge >= 0.3 is 0 Å². The summed E-state index contributed by atoms with van der Waals surface area (Å²) in [5.74, 6) is 1.34. The third kappa shape index (κ3) is 6.15. The summed E-state index contributed by atoms with van der Waals surface area (Å²) in [5.41, 5.74) is 10.3. The Hall–Kier alpha value is -5.35. The number of nitrogens with zero attached hydrogens (tertiary/aromatic N) is 3. The molecule has 50 heavy (non-hydrogen) atoms. The molecular formula is C46H47N3O. The molecule has 0 atom stereocenters. The van der Waals surface area contributed by atoms with Crippen molar-refractivity contribution in [3.63, 3.8) is 0 Å². The Morgan fingerprint density at radius 1 is 0.520 bits per heavy atom. The van der Waals surface area contributed by atoms with Gasteiger partial charge in [0, 0.05) is 25.0 Å². The highest BCUT2D eigenvalue weighted by Gasteiger charge is 2.39. The molecule has 0 saturated heterocycles. The summed E-state index contributed by atoms with van der Waals surface area (Å²) in [6.07, 6.45) is 1.83. The van der Waals surface area contributed by atoms with Crippen LogP contribution in [-0.2, 0) is 16.2 Å². The first-order valence-electron chi connectivity index (χ1n) is 17.5.